The molecule has 0 saturated carbocycles. The minimum Gasteiger partial charge on any atom is -0.382 e. The lowest BCUT2D eigenvalue weighted by Crippen LogP contribution is -2.07. The van der Waals surface area contributed by atoms with Gasteiger partial charge in [-0.2, -0.15) is 4.98 Å². The lowest BCUT2D eigenvalue weighted by Gasteiger charge is -2.09. The highest BCUT2D eigenvalue weighted by Gasteiger charge is 2.14. The molecule has 0 atom stereocenters. The van der Waals surface area contributed by atoms with Crippen molar-refractivity contribution < 1.29 is 9.45 Å². The molecule has 1 aromatic heterocycles. The van der Waals surface area contributed by atoms with E-state index in [1.165, 1.54) is 18.5 Å². The van der Waals surface area contributed by atoms with Gasteiger partial charge in [0, 0.05) is 25.1 Å². The number of nitrogens with zero attached hydrogens (tertiary/aromatic N) is 3. The number of anilines is 1. The van der Waals surface area contributed by atoms with E-state index >= 15 is 0 Å². The highest BCUT2D eigenvalue weighted by Crippen LogP contribution is 2.34. The van der Waals surface area contributed by atoms with Crippen LogP contribution in [-0.4, -0.2) is 21.6 Å². The number of nitro groups is 1. The minimum atomic E-state index is -0.555. The van der Waals surface area contributed by atoms with Crippen LogP contribution in [0.4, 0.5) is 11.4 Å². The molecular formula is C10H8Cl2N4O3. The van der Waals surface area contributed by atoms with Crippen molar-refractivity contribution in [3.8, 4) is 0 Å². The fourth-order valence-corrected chi connectivity index (χ4v) is 2.05. The Balaban J connectivity index is 2.06. The van der Waals surface area contributed by atoms with Crippen LogP contribution in [0.5, 0.6) is 0 Å². The number of benzene rings is 1. The van der Waals surface area contributed by atoms with Gasteiger partial charge in [-0.05, 0) is 0 Å². The van der Waals surface area contributed by atoms with Crippen molar-refractivity contribution in [2.45, 2.75) is 6.42 Å². The van der Waals surface area contributed by atoms with Gasteiger partial charge in [-0.1, -0.05) is 28.4 Å². The Hall–Kier alpha value is -1.86. The Morgan fingerprint density at radius 2 is 2.05 bits per heavy atom. The molecule has 100 valence electrons. The van der Waals surface area contributed by atoms with Gasteiger partial charge in [-0.3, -0.25) is 10.1 Å². The van der Waals surface area contributed by atoms with Crippen molar-refractivity contribution in [2.75, 3.05) is 11.9 Å². The normalized spacial score (nSPS) is 10.4. The molecule has 0 unspecified atom stereocenters. The van der Waals surface area contributed by atoms with Gasteiger partial charge in [0.15, 0.2) is 5.82 Å². The molecule has 0 amide bonds. The van der Waals surface area contributed by atoms with E-state index in [9.17, 15) is 10.1 Å². The Morgan fingerprint density at radius 1 is 1.37 bits per heavy atom. The van der Waals surface area contributed by atoms with Gasteiger partial charge in [0.2, 0.25) is 6.39 Å². The van der Waals surface area contributed by atoms with Crippen molar-refractivity contribution in [1.82, 2.24) is 10.1 Å². The van der Waals surface area contributed by atoms with Crippen LogP contribution in [0.1, 0.15) is 5.82 Å². The second-order valence-electron chi connectivity index (χ2n) is 3.57. The Morgan fingerprint density at radius 3 is 2.58 bits per heavy atom. The largest absolute Gasteiger partial charge is 0.382 e. The third kappa shape index (κ3) is 3.33. The number of aromatic nitrogens is 2. The molecule has 2 rings (SSSR count). The number of nitro benzene ring substituents is 1. The monoisotopic (exact) mass is 302 g/mol. The Bertz CT molecular complexity index is 565. The molecule has 9 heteroatoms. The van der Waals surface area contributed by atoms with Crippen LogP contribution in [0, 0.1) is 10.1 Å². The highest BCUT2D eigenvalue weighted by atomic mass is 35.5. The predicted octanol–water partition coefficient (Wildman–Crippen LogP) is 2.94. The van der Waals surface area contributed by atoms with Gasteiger partial charge in [-0.15, -0.1) is 0 Å². The van der Waals surface area contributed by atoms with Crippen molar-refractivity contribution in [1.29, 1.82) is 0 Å². The maximum atomic E-state index is 10.6. The van der Waals surface area contributed by atoms with Crippen LogP contribution in [0.2, 0.25) is 10.0 Å². The zero-order valence-electron chi connectivity index (χ0n) is 9.47. The summed E-state index contributed by atoms with van der Waals surface area (Å²) in [5, 5.41) is 17.6. The molecule has 1 aromatic carbocycles. The number of hydrogen-bond donors (Lipinski definition) is 1. The molecule has 0 bridgehead atoms. The predicted molar refractivity (Wildman–Crippen MR) is 69.6 cm³/mol. The Labute approximate surface area is 117 Å². The zero-order valence-corrected chi connectivity index (χ0v) is 11.0. The SMILES string of the molecule is O=[N+]([O-])c1cc(Cl)c(NCCc2ncon2)c(Cl)c1. The molecule has 0 aliphatic rings. The summed E-state index contributed by atoms with van der Waals surface area (Å²) in [7, 11) is 0. The van der Waals surface area contributed by atoms with Crippen LogP contribution < -0.4 is 5.32 Å². The van der Waals surface area contributed by atoms with Gasteiger partial charge >= 0.3 is 0 Å². The first-order chi connectivity index (χ1) is 9.08. The summed E-state index contributed by atoms with van der Waals surface area (Å²) >= 11 is 11.9. The molecule has 0 spiro atoms. The fraction of sp³-hybridized carbons (Fsp3) is 0.200. The quantitative estimate of drug-likeness (QED) is 0.674. The second-order valence-corrected chi connectivity index (χ2v) is 4.38. The average Bonchev–Trinajstić information content (AvgIpc) is 2.85. The van der Waals surface area contributed by atoms with Gasteiger partial charge in [0.25, 0.3) is 5.69 Å². The zero-order chi connectivity index (χ0) is 13.8. The summed E-state index contributed by atoms with van der Waals surface area (Å²) in [4.78, 5) is 13.9. The molecular weight excluding hydrogens is 295 g/mol. The van der Waals surface area contributed by atoms with Crippen LogP contribution in [0.25, 0.3) is 0 Å². The maximum Gasteiger partial charge on any atom is 0.272 e. The molecule has 0 saturated heterocycles. The molecule has 7 nitrogen and oxygen atoms in total. The first-order valence-corrected chi connectivity index (χ1v) is 5.96. The standard InChI is InChI=1S/C10H8Cl2N4O3/c11-7-3-6(16(17)18)4-8(12)10(7)13-2-1-9-14-5-19-15-9/h3-5,13H,1-2H2. The molecule has 0 aliphatic heterocycles. The third-order valence-electron chi connectivity index (χ3n) is 2.30. The van der Waals surface area contributed by atoms with Crippen LogP contribution in [0.3, 0.4) is 0 Å². The van der Waals surface area contributed by atoms with E-state index in [0.29, 0.717) is 24.5 Å². The fourth-order valence-electron chi connectivity index (χ4n) is 1.44. The smallest absolute Gasteiger partial charge is 0.272 e. The summed E-state index contributed by atoms with van der Waals surface area (Å²) < 4.78 is 4.59. The van der Waals surface area contributed by atoms with Gasteiger partial charge in [0.05, 0.1) is 20.7 Å². The summed E-state index contributed by atoms with van der Waals surface area (Å²) in [5.41, 5.74) is 0.288. The van der Waals surface area contributed by atoms with E-state index in [1.807, 2.05) is 0 Å². The summed E-state index contributed by atoms with van der Waals surface area (Å²) in [6.45, 7) is 0.469. The van der Waals surface area contributed by atoms with Crippen LogP contribution >= 0.6 is 23.2 Å². The lowest BCUT2D eigenvalue weighted by atomic mass is 10.2. The maximum absolute atomic E-state index is 10.6. The van der Waals surface area contributed by atoms with Crippen LogP contribution in [0.15, 0.2) is 23.0 Å². The number of hydrogen-bond acceptors (Lipinski definition) is 6. The molecule has 0 aliphatic carbocycles. The number of nitrogens with one attached hydrogen (secondary N) is 1. The second kappa shape index (κ2) is 5.85. The van der Waals surface area contributed by atoms with E-state index in [1.54, 1.807) is 0 Å². The van der Waals surface area contributed by atoms with Gasteiger partial charge in [-0.25, -0.2) is 0 Å². The number of rotatable bonds is 5. The summed E-state index contributed by atoms with van der Waals surface area (Å²) in [6.07, 6.45) is 1.75. The molecule has 19 heavy (non-hydrogen) atoms. The van der Waals surface area contributed by atoms with E-state index in [4.69, 9.17) is 23.2 Å². The third-order valence-corrected chi connectivity index (χ3v) is 2.89. The van der Waals surface area contributed by atoms with Crippen molar-refractivity contribution in [2.24, 2.45) is 0 Å². The first kappa shape index (κ1) is 13.6. The van der Waals surface area contributed by atoms with Gasteiger partial charge < -0.3 is 9.84 Å². The van der Waals surface area contributed by atoms with E-state index in [2.05, 4.69) is 20.0 Å². The van der Waals surface area contributed by atoms with E-state index in [-0.39, 0.29) is 15.7 Å². The average molecular weight is 303 g/mol. The molecule has 0 radical (unpaired) electrons. The lowest BCUT2D eigenvalue weighted by molar-refractivity contribution is -0.384. The van der Waals surface area contributed by atoms with Crippen LogP contribution in [-0.2, 0) is 6.42 Å². The topological polar surface area (TPSA) is 94.1 Å². The Kier molecular flexibility index (Phi) is 4.18. The minimum absolute atomic E-state index is 0.154. The highest BCUT2D eigenvalue weighted by molar-refractivity contribution is 6.39. The number of non-ortho nitro benzene ring substituents is 1. The molecule has 1 heterocycles. The van der Waals surface area contributed by atoms with E-state index < -0.39 is 4.92 Å². The first-order valence-electron chi connectivity index (χ1n) is 5.20. The van der Waals surface area contributed by atoms with Crippen molar-refractivity contribution in [3.05, 3.63) is 44.5 Å². The molecule has 2 aromatic rings. The molecule has 0 fully saturated rings. The van der Waals surface area contributed by atoms with Gasteiger partial charge in [0.1, 0.15) is 0 Å². The summed E-state index contributed by atoms with van der Waals surface area (Å²) in [6, 6.07) is 2.48. The summed E-state index contributed by atoms with van der Waals surface area (Å²) in [5.74, 6) is 0.543. The van der Waals surface area contributed by atoms with E-state index in [0.717, 1.165) is 0 Å². The number of halogens is 2. The van der Waals surface area contributed by atoms with Crippen molar-refractivity contribution in [3.63, 3.8) is 0 Å². The van der Waals surface area contributed by atoms with Crippen molar-refractivity contribution >= 4 is 34.6 Å². The molecule has 1 N–H and O–H groups in total.